The number of aromatic amines is 1. The molecule has 0 bridgehead atoms. The fourth-order valence-corrected chi connectivity index (χ4v) is 6.45. The number of H-pyrrole nitrogens is 1. The van der Waals surface area contributed by atoms with Gasteiger partial charge in [0.25, 0.3) is 5.56 Å². The molecule has 1 aromatic rings. The first-order chi connectivity index (χ1) is 14.0. The fraction of sp³-hybridized carbons (Fsp3) is 0.600. The fourth-order valence-electron chi connectivity index (χ4n) is 2.46. The third-order valence-corrected chi connectivity index (χ3v) is 8.45. The summed E-state index contributed by atoms with van der Waals surface area (Å²) < 4.78 is 53.8. The lowest BCUT2D eigenvalue weighted by molar-refractivity contribution is -0.135. The average molecular weight is 532 g/mol. The van der Waals surface area contributed by atoms with Crippen LogP contribution in [-0.2, 0) is 38.8 Å². The highest BCUT2D eigenvalue weighted by Crippen LogP contribution is 2.66. The molecule has 2 rings (SSSR count). The van der Waals surface area contributed by atoms with Gasteiger partial charge in [0.2, 0.25) is 0 Å². The molecule has 0 aliphatic carbocycles. The Hall–Kier alpha value is -0.680. The number of nitrogens with one attached hydrogen (secondary N) is 1. The van der Waals surface area contributed by atoms with Crippen molar-refractivity contribution in [3.63, 3.8) is 0 Å². The Morgan fingerprint density at radius 3 is 2.35 bits per heavy atom. The molecule has 0 spiro atoms. The van der Waals surface area contributed by atoms with E-state index in [0.29, 0.717) is 4.57 Å². The third-order valence-electron chi connectivity index (χ3n) is 3.75. The summed E-state index contributed by atoms with van der Waals surface area (Å²) in [6, 6.07) is 0.872. The maximum absolute atomic E-state index is 13.8. The molecule has 0 amide bonds. The zero-order valence-electron chi connectivity index (χ0n) is 14.8. The molecule has 2 unspecified atom stereocenters. The Balaban J connectivity index is 2.21. The van der Waals surface area contributed by atoms with Gasteiger partial charge in [-0.3, -0.25) is 14.3 Å². The zero-order chi connectivity index (χ0) is 23.8. The number of halogens is 1. The molecule has 31 heavy (non-hydrogen) atoms. The summed E-state index contributed by atoms with van der Waals surface area (Å²) in [5, 5.41) is 20.4. The van der Waals surface area contributed by atoms with Crippen molar-refractivity contribution in [2.24, 2.45) is 0 Å². The number of phosphoric acid groups is 2. The monoisotopic (exact) mass is 532 g/mol. The Morgan fingerprint density at radius 1 is 1.23 bits per heavy atom. The first-order valence-corrected chi connectivity index (χ1v) is 13.3. The first-order valence-electron chi connectivity index (χ1n) is 7.71. The maximum Gasteiger partial charge on any atom is 0.488 e. The largest absolute Gasteiger partial charge is 0.488 e. The number of hydrogen-bond acceptors (Lipinski definition) is 11. The van der Waals surface area contributed by atoms with Crippen LogP contribution in [-0.4, -0.2) is 70.4 Å². The van der Waals surface area contributed by atoms with E-state index < -0.39 is 70.9 Å². The smallest absolute Gasteiger partial charge is 0.387 e. The van der Waals surface area contributed by atoms with Gasteiger partial charge < -0.3 is 39.0 Å². The Labute approximate surface area is 175 Å². The molecule has 2 heterocycles. The van der Waals surface area contributed by atoms with Gasteiger partial charge in [0.15, 0.2) is 11.8 Å². The second-order valence-electron chi connectivity index (χ2n) is 6.02. The zero-order valence-corrected chi connectivity index (χ0v) is 18.3. The topological polar surface area (TPSA) is 247 Å². The van der Waals surface area contributed by atoms with Crippen LogP contribution < -0.4 is 11.2 Å². The summed E-state index contributed by atoms with van der Waals surface area (Å²) in [4.78, 5) is 60.9. The van der Waals surface area contributed by atoms with E-state index in [1.807, 2.05) is 4.98 Å². The van der Waals surface area contributed by atoms with Crippen molar-refractivity contribution in [2.45, 2.75) is 24.0 Å². The Morgan fingerprint density at radius 2 is 1.84 bits per heavy atom. The molecular formula is C10H16FN2O14P3S. The van der Waals surface area contributed by atoms with Crippen molar-refractivity contribution >= 4 is 34.2 Å². The van der Waals surface area contributed by atoms with E-state index in [1.165, 1.54) is 0 Å². The number of alkyl halides is 1. The number of hydrogen-bond donors (Lipinski definition) is 7. The quantitative estimate of drug-likeness (QED) is 0.169. The summed E-state index contributed by atoms with van der Waals surface area (Å²) in [5.41, 5.74) is -4.36. The molecule has 6 atom stereocenters. The van der Waals surface area contributed by atoms with E-state index in [-0.39, 0.29) is 0 Å². The van der Waals surface area contributed by atoms with Gasteiger partial charge in [0.1, 0.15) is 18.9 Å². The summed E-state index contributed by atoms with van der Waals surface area (Å²) in [5.74, 6) is 0. The summed E-state index contributed by atoms with van der Waals surface area (Å²) >= 11 is 4.38. The number of aliphatic hydroxyl groups excluding tert-OH is 2. The number of aliphatic hydroxyl groups is 2. The molecule has 1 aliphatic heterocycles. The SMILES string of the molecule is O=c1ccn([C@@H]2O[C@](CF)(COP(O)(=S)OP(=O)(O)OP(=O)(O)O)[C@@H](O)[C@H]2O)c(=O)[nH]1. The lowest BCUT2D eigenvalue weighted by atomic mass is 9.98. The molecule has 1 aliphatic rings. The minimum Gasteiger partial charge on any atom is -0.387 e. The molecule has 0 aromatic carbocycles. The van der Waals surface area contributed by atoms with E-state index in [1.54, 1.807) is 0 Å². The van der Waals surface area contributed by atoms with Gasteiger partial charge in [-0.05, 0) is 11.8 Å². The highest BCUT2D eigenvalue weighted by atomic mass is 32.5. The van der Waals surface area contributed by atoms with Gasteiger partial charge in [0, 0.05) is 12.3 Å². The van der Waals surface area contributed by atoms with Gasteiger partial charge in [-0.15, -0.1) is 0 Å². The van der Waals surface area contributed by atoms with Crippen molar-refractivity contribution in [3.8, 4) is 0 Å². The molecular weight excluding hydrogens is 516 g/mol. The minimum atomic E-state index is -5.64. The molecule has 0 saturated carbocycles. The number of rotatable bonds is 9. The second kappa shape index (κ2) is 9.29. The van der Waals surface area contributed by atoms with Crippen molar-refractivity contribution in [2.75, 3.05) is 13.3 Å². The normalized spacial score (nSPS) is 30.6. The van der Waals surface area contributed by atoms with Crippen LogP contribution in [0.2, 0.25) is 0 Å². The van der Waals surface area contributed by atoms with E-state index in [4.69, 9.17) is 14.5 Å². The van der Waals surface area contributed by atoms with Crippen molar-refractivity contribution in [1.82, 2.24) is 9.55 Å². The van der Waals surface area contributed by atoms with Crippen LogP contribution in [0.5, 0.6) is 0 Å². The predicted octanol–water partition coefficient (Wildman–Crippen LogP) is -2.04. The van der Waals surface area contributed by atoms with Crippen LogP contribution in [0.3, 0.4) is 0 Å². The molecule has 16 nitrogen and oxygen atoms in total. The molecule has 178 valence electrons. The number of aromatic nitrogens is 2. The van der Waals surface area contributed by atoms with Crippen molar-refractivity contribution in [3.05, 3.63) is 33.1 Å². The summed E-state index contributed by atoms with van der Waals surface area (Å²) in [6.07, 6.45) is -4.91. The number of ether oxygens (including phenoxy) is 1. The molecule has 21 heteroatoms. The van der Waals surface area contributed by atoms with Crippen LogP contribution >= 0.6 is 22.4 Å². The highest BCUT2D eigenvalue weighted by molar-refractivity contribution is 8.08. The van der Waals surface area contributed by atoms with Gasteiger partial charge in [-0.2, -0.15) is 4.31 Å². The lowest BCUT2D eigenvalue weighted by Gasteiger charge is -2.30. The van der Waals surface area contributed by atoms with Gasteiger partial charge in [-0.25, -0.2) is 22.6 Å². The van der Waals surface area contributed by atoms with Crippen molar-refractivity contribution < 1.29 is 61.2 Å². The van der Waals surface area contributed by atoms with E-state index in [9.17, 15) is 43.1 Å². The van der Waals surface area contributed by atoms with Gasteiger partial charge in [-0.1, -0.05) is 0 Å². The Bertz CT molecular complexity index is 1070. The van der Waals surface area contributed by atoms with Gasteiger partial charge in [0.05, 0.1) is 6.61 Å². The Kier molecular flexibility index (Phi) is 7.96. The van der Waals surface area contributed by atoms with Gasteiger partial charge >= 0.3 is 28.1 Å². The second-order valence-corrected chi connectivity index (χ2v) is 11.8. The maximum atomic E-state index is 13.8. The lowest BCUT2D eigenvalue weighted by Crippen LogP contribution is -2.48. The van der Waals surface area contributed by atoms with Crippen LogP contribution in [0.1, 0.15) is 6.23 Å². The summed E-state index contributed by atoms with van der Waals surface area (Å²) in [7, 11) is -11.2. The van der Waals surface area contributed by atoms with E-state index >= 15 is 0 Å². The standard InChI is InChI=1S/C10H16FN2O14P3S/c11-3-10(4-24-30(23,31)27-29(21,22)26-28(18,19)20)7(16)6(15)8(25-10)13-2-1-5(14)12-9(13)17/h1-2,6-8,15-16H,3-4H2,(H,21,22)(H,23,31)(H,12,14,17)(H2,18,19,20)/t6-,7+,8-,10-,30?/m1/s1. The third kappa shape index (κ3) is 6.66. The first kappa shape index (κ1) is 26.6. The highest BCUT2D eigenvalue weighted by Gasteiger charge is 2.56. The minimum absolute atomic E-state index is 0.619. The van der Waals surface area contributed by atoms with Crippen LogP contribution in [0.25, 0.3) is 0 Å². The molecule has 1 aromatic heterocycles. The van der Waals surface area contributed by atoms with Crippen LogP contribution in [0, 0.1) is 0 Å². The summed E-state index contributed by atoms with van der Waals surface area (Å²) in [6.45, 7) is -7.69. The molecule has 1 fully saturated rings. The average Bonchev–Trinajstić information content (AvgIpc) is 2.82. The number of nitrogens with zero attached hydrogens (tertiary/aromatic N) is 1. The van der Waals surface area contributed by atoms with Crippen molar-refractivity contribution in [1.29, 1.82) is 0 Å². The molecule has 1 saturated heterocycles. The molecule has 7 N–H and O–H groups in total. The van der Waals surface area contributed by atoms with Crippen LogP contribution in [0.4, 0.5) is 4.39 Å². The van der Waals surface area contributed by atoms with E-state index in [0.717, 1.165) is 12.3 Å². The molecule has 0 radical (unpaired) electrons. The van der Waals surface area contributed by atoms with Crippen LogP contribution in [0.15, 0.2) is 21.9 Å². The van der Waals surface area contributed by atoms with E-state index in [2.05, 4.69) is 25.0 Å². The predicted molar refractivity (Wildman–Crippen MR) is 98.7 cm³/mol.